The molecular formula is C10H10F3NO2. The van der Waals surface area contributed by atoms with Crippen molar-refractivity contribution in [2.75, 3.05) is 12.4 Å². The fourth-order valence-electron chi connectivity index (χ4n) is 1.39. The predicted molar refractivity (Wildman–Crippen MR) is 52.7 cm³/mol. The van der Waals surface area contributed by atoms with Crippen LogP contribution in [-0.4, -0.2) is 18.1 Å². The first kappa shape index (κ1) is 12.4. The van der Waals surface area contributed by atoms with Crippen LogP contribution in [0.15, 0.2) is 12.1 Å². The number of nitrogens with one attached hydrogen (secondary N) is 1. The second-order valence-corrected chi connectivity index (χ2v) is 3.27. The highest BCUT2D eigenvalue weighted by molar-refractivity contribution is 5.90. The van der Waals surface area contributed by atoms with Crippen LogP contribution in [0.1, 0.15) is 21.5 Å². The maximum Gasteiger partial charge on any atom is 0.417 e. The first-order chi connectivity index (χ1) is 7.27. The van der Waals surface area contributed by atoms with E-state index >= 15 is 0 Å². The van der Waals surface area contributed by atoms with Crippen molar-refractivity contribution in [3.05, 3.63) is 28.8 Å². The Labute approximate surface area is 89.9 Å². The van der Waals surface area contributed by atoms with E-state index in [0.29, 0.717) is 5.56 Å². The Kier molecular flexibility index (Phi) is 3.11. The summed E-state index contributed by atoms with van der Waals surface area (Å²) in [7, 11) is 1.48. The Balaban J connectivity index is 3.49. The highest BCUT2D eigenvalue weighted by Crippen LogP contribution is 2.35. The van der Waals surface area contributed by atoms with Crippen molar-refractivity contribution in [1.29, 1.82) is 0 Å². The molecule has 3 nitrogen and oxygen atoms in total. The SMILES string of the molecule is CNc1cc(C(F)(F)F)c(C(=O)O)cc1C. The molecule has 0 fully saturated rings. The number of aryl methyl sites for hydroxylation is 1. The summed E-state index contributed by atoms with van der Waals surface area (Å²) in [6, 6.07) is 1.82. The molecule has 1 aromatic rings. The Bertz CT molecular complexity index is 427. The van der Waals surface area contributed by atoms with Gasteiger partial charge < -0.3 is 10.4 Å². The van der Waals surface area contributed by atoms with Crippen LogP contribution in [-0.2, 0) is 6.18 Å². The minimum atomic E-state index is -4.67. The molecule has 0 heterocycles. The molecule has 0 radical (unpaired) electrons. The van der Waals surface area contributed by atoms with Gasteiger partial charge in [-0.15, -0.1) is 0 Å². The third-order valence-electron chi connectivity index (χ3n) is 2.17. The van der Waals surface area contributed by atoms with E-state index in [4.69, 9.17) is 5.11 Å². The van der Waals surface area contributed by atoms with Crippen LogP contribution in [0.4, 0.5) is 18.9 Å². The molecule has 88 valence electrons. The number of carboxylic acids is 1. The fraction of sp³-hybridized carbons (Fsp3) is 0.300. The molecule has 6 heteroatoms. The van der Waals surface area contributed by atoms with Crippen molar-refractivity contribution in [3.63, 3.8) is 0 Å². The number of benzene rings is 1. The normalized spacial score (nSPS) is 11.3. The molecule has 0 bridgehead atoms. The number of carbonyl (C=O) groups is 1. The fourth-order valence-corrected chi connectivity index (χ4v) is 1.39. The lowest BCUT2D eigenvalue weighted by Gasteiger charge is -2.14. The van der Waals surface area contributed by atoms with Gasteiger partial charge in [-0.1, -0.05) is 0 Å². The van der Waals surface area contributed by atoms with E-state index in [1.54, 1.807) is 6.92 Å². The third kappa shape index (κ3) is 2.26. The van der Waals surface area contributed by atoms with Crippen molar-refractivity contribution in [3.8, 4) is 0 Å². The van der Waals surface area contributed by atoms with E-state index in [1.807, 2.05) is 0 Å². The largest absolute Gasteiger partial charge is 0.478 e. The minimum absolute atomic E-state index is 0.261. The first-order valence-corrected chi connectivity index (χ1v) is 4.40. The molecule has 2 N–H and O–H groups in total. The topological polar surface area (TPSA) is 49.3 Å². The molecule has 16 heavy (non-hydrogen) atoms. The predicted octanol–water partition coefficient (Wildman–Crippen LogP) is 2.75. The average Bonchev–Trinajstić information content (AvgIpc) is 2.15. The van der Waals surface area contributed by atoms with Gasteiger partial charge in [0.1, 0.15) is 0 Å². The zero-order valence-corrected chi connectivity index (χ0v) is 8.64. The van der Waals surface area contributed by atoms with Gasteiger partial charge in [0.05, 0.1) is 11.1 Å². The van der Waals surface area contributed by atoms with Gasteiger partial charge in [-0.2, -0.15) is 13.2 Å². The van der Waals surface area contributed by atoms with E-state index < -0.39 is 23.3 Å². The molecule has 0 spiro atoms. The number of carboxylic acid groups (broad SMARTS) is 1. The van der Waals surface area contributed by atoms with Gasteiger partial charge in [0.2, 0.25) is 0 Å². The lowest BCUT2D eigenvalue weighted by molar-refractivity contribution is -0.138. The summed E-state index contributed by atoms with van der Waals surface area (Å²) in [5, 5.41) is 11.3. The second-order valence-electron chi connectivity index (χ2n) is 3.27. The molecule has 0 amide bonds. The standard InChI is InChI=1S/C10H10F3NO2/c1-5-3-6(9(15)16)7(10(11,12)13)4-8(5)14-2/h3-4,14H,1-2H3,(H,15,16). The molecule has 0 saturated heterocycles. The second kappa shape index (κ2) is 4.03. The summed E-state index contributed by atoms with van der Waals surface area (Å²) < 4.78 is 37.7. The highest BCUT2D eigenvalue weighted by atomic mass is 19.4. The third-order valence-corrected chi connectivity index (χ3v) is 2.17. The highest BCUT2D eigenvalue weighted by Gasteiger charge is 2.35. The van der Waals surface area contributed by atoms with Crippen LogP contribution in [0.5, 0.6) is 0 Å². The van der Waals surface area contributed by atoms with E-state index in [-0.39, 0.29) is 5.69 Å². The van der Waals surface area contributed by atoms with E-state index in [9.17, 15) is 18.0 Å². The van der Waals surface area contributed by atoms with Gasteiger partial charge in [0.25, 0.3) is 0 Å². The molecule has 0 aliphatic heterocycles. The van der Waals surface area contributed by atoms with E-state index in [2.05, 4.69) is 5.32 Å². The van der Waals surface area contributed by atoms with Crippen molar-refractivity contribution < 1.29 is 23.1 Å². The van der Waals surface area contributed by atoms with Gasteiger partial charge in [-0.25, -0.2) is 4.79 Å². The maximum absolute atomic E-state index is 12.6. The van der Waals surface area contributed by atoms with Crippen LogP contribution in [0.25, 0.3) is 0 Å². The smallest absolute Gasteiger partial charge is 0.417 e. The molecule has 0 unspecified atom stereocenters. The molecule has 0 aromatic heterocycles. The van der Waals surface area contributed by atoms with E-state index in [0.717, 1.165) is 12.1 Å². The van der Waals surface area contributed by atoms with Gasteiger partial charge in [-0.3, -0.25) is 0 Å². The number of hydrogen-bond donors (Lipinski definition) is 2. The van der Waals surface area contributed by atoms with Gasteiger partial charge in [0.15, 0.2) is 0 Å². The van der Waals surface area contributed by atoms with Crippen molar-refractivity contribution in [2.45, 2.75) is 13.1 Å². The molecule has 0 aliphatic rings. The molecule has 0 atom stereocenters. The number of alkyl halides is 3. The zero-order chi connectivity index (χ0) is 12.5. The quantitative estimate of drug-likeness (QED) is 0.825. The molecule has 1 aromatic carbocycles. The van der Waals surface area contributed by atoms with Gasteiger partial charge in [0, 0.05) is 12.7 Å². The van der Waals surface area contributed by atoms with Crippen molar-refractivity contribution in [2.24, 2.45) is 0 Å². The summed E-state index contributed by atoms with van der Waals surface area (Å²) in [5.41, 5.74) is -1.16. The summed E-state index contributed by atoms with van der Waals surface area (Å²) >= 11 is 0. The molecule has 0 aliphatic carbocycles. The van der Waals surface area contributed by atoms with Crippen LogP contribution >= 0.6 is 0 Å². The average molecular weight is 233 g/mol. The summed E-state index contributed by atoms with van der Waals surface area (Å²) in [4.78, 5) is 10.7. The van der Waals surface area contributed by atoms with Crippen molar-refractivity contribution in [1.82, 2.24) is 0 Å². The Morgan fingerprint density at radius 2 is 1.94 bits per heavy atom. The Hall–Kier alpha value is -1.72. The van der Waals surface area contributed by atoms with Crippen molar-refractivity contribution >= 4 is 11.7 Å². The number of halogens is 3. The number of anilines is 1. The first-order valence-electron chi connectivity index (χ1n) is 4.40. The van der Waals surface area contributed by atoms with Crippen LogP contribution in [0.2, 0.25) is 0 Å². The summed E-state index contributed by atoms with van der Waals surface area (Å²) in [6.45, 7) is 1.54. The van der Waals surface area contributed by atoms with Gasteiger partial charge in [-0.05, 0) is 24.6 Å². The number of hydrogen-bond acceptors (Lipinski definition) is 2. The summed E-state index contributed by atoms with van der Waals surface area (Å²) in [5.74, 6) is -1.59. The molecule has 0 saturated carbocycles. The lowest BCUT2D eigenvalue weighted by Crippen LogP contribution is -2.14. The number of aromatic carboxylic acids is 1. The molecule has 1 rings (SSSR count). The minimum Gasteiger partial charge on any atom is -0.478 e. The monoisotopic (exact) mass is 233 g/mol. The molecular weight excluding hydrogens is 223 g/mol. The zero-order valence-electron chi connectivity index (χ0n) is 8.64. The van der Waals surface area contributed by atoms with Crippen LogP contribution in [0, 0.1) is 6.92 Å². The van der Waals surface area contributed by atoms with Gasteiger partial charge >= 0.3 is 12.1 Å². The lowest BCUT2D eigenvalue weighted by atomic mass is 10.0. The number of rotatable bonds is 2. The maximum atomic E-state index is 12.6. The van der Waals surface area contributed by atoms with E-state index in [1.165, 1.54) is 7.05 Å². The Morgan fingerprint density at radius 1 is 1.38 bits per heavy atom. The van der Waals surface area contributed by atoms with Crippen LogP contribution < -0.4 is 5.32 Å². The van der Waals surface area contributed by atoms with Crippen LogP contribution in [0.3, 0.4) is 0 Å². The Morgan fingerprint density at radius 3 is 2.31 bits per heavy atom. The summed E-state index contributed by atoms with van der Waals surface area (Å²) in [6.07, 6.45) is -4.67.